The van der Waals surface area contributed by atoms with Crippen LogP contribution in [0, 0.1) is 5.92 Å². The second kappa shape index (κ2) is 10.6. The normalized spacial score (nSPS) is 17.4. The summed E-state index contributed by atoms with van der Waals surface area (Å²) >= 11 is 1.66. The highest BCUT2D eigenvalue weighted by atomic mass is 127. The predicted molar refractivity (Wildman–Crippen MR) is 123 cm³/mol. The minimum Gasteiger partial charge on any atom is -0.370 e. The fourth-order valence-corrected chi connectivity index (χ4v) is 4.22. The maximum atomic E-state index is 11.2. The van der Waals surface area contributed by atoms with Crippen LogP contribution in [0.25, 0.3) is 10.2 Å². The summed E-state index contributed by atoms with van der Waals surface area (Å²) in [5.41, 5.74) is 6.37. The predicted octanol–water partition coefficient (Wildman–Crippen LogP) is 2.49. The molecule has 1 aromatic carbocycles. The first-order chi connectivity index (χ1) is 12.7. The van der Waals surface area contributed by atoms with E-state index in [1.54, 1.807) is 18.4 Å². The van der Waals surface area contributed by atoms with Crippen molar-refractivity contribution in [1.29, 1.82) is 0 Å². The number of para-hydroxylation sites is 1. The zero-order valence-electron chi connectivity index (χ0n) is 15.5. The van der Waals surface area contributed by atoms with E-state index in [-0.39, 0.29) is 29.9 Å². The van der Waals surface area contributed by atoms with Crippen LogP contribution >= 0.6 is 35.3 Å². The van der Waals surface area contributed by atoms with Crippen molar-refractivity contribution in [3.63, 3.8) is 0 Å². The van der Waals surface area contributed by atoms with Crippen molar-refractivity contribution in [3.05, 3.63) is 24.3 Å². The van der Waals surface area contributed by atoms with Crippen LogP contribution in [-0.4, -0.2) is 55.0 Å². The number of hydrogen-bond acceptors (Lipinski definition) is 5. The third-order valence-corrected chi connectivity index (χ3v) is 5.49. The number of halogens is 1. The molecule has 1 atom stereocenters. The van der Waals surface area contributed by atoms with E-state index in [1.807, 2.05) is 18.2 Å². The monoisotopic (exact) mass is 502 g/mol. The molecule has 2 heterocycles. The Labute approximate surface area is 180 Å². The summed E-state index contributed by atoms with van der Waals surface area (Å²) in [7, 11) is 1.79. The number of rotatable bonds is 6. The van der Waals surface area contributed by atoms with Crippen molar-refractivity contribution >= 4 is 62.5 Å². The van der Waals surface area contributed by atoms with Gasteiger partial charge < -0.3 is 21.3 Å². The van der Waals surface area contributed by atoms with Crippen LogP contribution in [0.2, 0.25) is 0 Å². The first-order valence-corrected chi connectivity index (χ1v) is 9.80. The largest absolute Gasteiger partial charge is 0.370 e. The van der Waals surface area contributed by atoms with E-state index in [0.717, 1.165) is 55.6 Å². The van der Waals surface area contributed by atoms with Gasteiger partial charge in [0.25, 0.3) is 0 Å². The summed E-state index contributed by atoms with van der Waals surface area (Å²) in [5.74, 6) is 0.978. The van der Waals surface area contributed by atoms with E-state index in [1.165, 1.54) is 4.70 Å². The van der Waals surface area contributed by atoms with Crippen LogP contribution in [-0.2, 0) is 4.79 Å². The number of likely N-dealkylation sites (tertiary alicyclic amines) is 1. The van der Waals surface area contributed by atoms with Crippen LogP contribution in [0.3, 0.4) is 0 Å². The number of amides is 1. The number of piperidine rings is 1. The fourth-order valence-electron chi connectivity index (χ4n) is 3.33. The second-order valence-electron chi connectivity index (χ2n) is 6.51. The standard InChI is InChI=1S/C18H26N6OS.HI/c1-20-17(24-10-4-5-13(12-24)11-16(19)25)21-8-9-22-18-23-14-6-2-3-7-15(14)26-18;/h2-3,6-7,13H,4-5,8-12H2,1H3,(H2,19,25)(H,20,21)(H,22,23);1H. The molecule has 1 amide bonds. The number of anilines is 1. The number of nitrogens with one attached hydrogen (secondary N) is 2. The number of thiazole rings is 1. The van der Waals surface area contributed by atoms with E-state index in [9.17, 15) is 4.79 Å². The molecule has 148 valence electrons. The molecule has 1 aliphatic heterocycles. The smallest absolute Gasteiger partial charge is 0.217 e. The van der Waals surface area contributed by atoms with Crippen LogP contribution < -0.4 is 16.4 Å². The maximum Gasteiger partial charge on any atom is 0.217 e. The Morgan fingerprint density at radius 1 is 1.41 bits per heavy atom. The summed E-state index contributed by atoms with van der Waals surface area (Å²) in [6.45, 7) is 3.30. The lowest BCUT2D eigenvalue weighted by atomic mass is 9.95. The first-order valence-electron chi connectivity index (χ1n) is 8.99. The Morgan fingerprint density at radius 2 is 2.22 bits per heavy atom. The molecule has 9 heteroatoms. The number of nitrogens with two attached hydrogens (primary N) is 1. The number of carbonyl (C=O) groups is 1. The van der Waals surface area contributed by atoms with Crippen molar-refractivity contribution in [1.82, 2.24) is 15.2 Å². The van der Waals surface area contributed by atoms with Crippen LogP contribution in [0.15, 0.2) is 29.3 Å². The maximum absolute atomic E-state index is 11.2. The molecule has 0 spiro atoms. The third kappa shape index (κ3) is 6.20. The van der Waals surface area contributed by atoms with Crippen LogP contribution in [0.5, 0.6) is 0 Å². The number of aliphatic imine (C=N–C) groups is 1. The minimum absolute atomic E-state index is 0. The summed E-state index contributed by atoms with van der Waals surface area (Å²) in [6.07, 6.45) is 2.56. The van der Waals surface area contributed by atoms with Gasteiger partial charge in [-0.3, -0.25) is 9.79 Å². The molecule has 1 unspecified atom stereocenters. The third-order valence-electron chi connectivity index (χ3n) is 4.50. The molecule has 27 heavy (non-hydrogen) atoms. The zero-order chi connectivity index (χ0) is 18.4. The van der Waals surface area contributed by atoms with Crippen molar-refractivity contribution in [2.75, 3.05) is 38.5 Å². The van der Waals surface area contributed by atoms with Gasteiger partial charge in [-0.25, -0.2) is 4.98 Å². The van der Waals surface area contributed by atoms with E-state index < -0.39 is 0 Å². The number of guanidine groups is 1. The van der Waals surface area contributed by atoms with Crippen molar-refractivity contribution in [2.45, 2.75) is 19.3 Å². The van der Waals surface area contributed by atoms with Gasteiger partial charge in [-0.1, -0.05) is 23.5 Å². The second-order valence-corrected chi connectivity index (χ2v) is 7.54. The molecule has 0 aliphatic carbocycles. The molecule has 4 N–H and O–H groups in total. The molecule has 1 saturated heterocycles. The summed E-state index contributed by atoms with van der Waals surface area (Å²) in [5, 5.41) is 7.69. The molecule has 0 radical (unpaired) electrons. The highest BCUT2D eigenvalue weighted by molar-refractivity contribution is 14.0. The number of primary amides is 1. The highest BCUT2D eigenvalue weighted by Crippen LogP contribution is 2.25. The van der Waals surface area contributed by atoms with E-state index >= 15 is 0 Å². The van der Waals surface area contributed by atoms with Gasteiger partial charge in [-0.05, 0) is 30.9 Å². The Bertz CT molecular complexity index is 747. The topological polar surface area (TPSA) is 95.6 Å². The molecule has 0 bridgehead atoms. The molecule has 0 saturated carbocycles. The van der Waals surface area contributed by atoms with E-state index in [0.29, 0.717) is 12.3 Å². The molecule has 1 aliphatic rings. The summed E-state index contributed by atoms with van der Waals surface area (Å²) < 4.78 is 1.19. The number of nitrogens with zero attached hydrogens (tertiary/aromatic N) is 3. The fraction of sp³-hybridized carbons (Fsp3) is 0.500. The van der Waals surface area contributed by atoms with Gasteiger partial charge in [-0.2, -0.15) is 0 Å². The molecular weight excluding hydrogens is 475 g/mol. The van der Waals surface area contributed by atoms with Crippen molar-refractivity contribution < 1.29 is 4.79 Å². The molecular formula is C18H27IN6OS. The molecule has 3 rings (SSSR count). The zero-order valence-corrected chi connectivity index (χ0v) is 18.6. The van der Waals surface area contributed by atoms with E-state index in [2.05, 4.69) is 31.6 Å². The van der Waals surface area contributed by atoms with Gasteiger partial charge in [0.05, 0.1) is 10.2 Å². The summed E-state index contributed by atoms with van der Waals surface area (Å²) in [6, 6.07) is 8.13. The van der Waals surface area contributed by atoms with Gasteiger partial charge in [-0.15, -0.1) is 24.0 Å². The van der Waals surface area contributed by atoms with Gasteiger partial charge in [0.15, 0.2) is 11.1 Å². The molecule has 7 nitrogen and oxygen atoms in total. The van der Waals surface area contributed by atoms with Crippen molar-refractivity contribution in [3.8, 4) is 0 Å². The Morgan fingerprint density at radius 3 is 2.96 bits per heavy atom. The SMILES string of the molecule is CN=C(NCCNc1nc2ccccc2s1)N1CCCC(CC(N)=O)C1.I. The first kappa shape index (κ1) is 21.7. The number of benzene rings is 1. The lowest BCUT2D eigenvalue weighted by Crippen LogP contribution is -2.48. The van der Waals surface area contributed by atoms with Crippen LogP contribution in [0.1, 0.15) is 19.3 Å². The minimum atomic E-state index is -0.222. The number of fused-ring (bicyclic) bond motifs is 1. The molecule has 1 fully saturated rings. The van der Waals surface area contributed by atoms with Gasteiger partial charge >= 0.3 is 0 Å². The number of aromatic nitrogens is 1. The molecule has 1 aromatic heterocycles. The Hall–Kier alpha value is -1.62. The van der Waals surface area contributed by atoms with Crippen molar-refractivity contribution in [2.24, 2.45) is 16.6 Å². The summed E-state index contributed by atoms with van der Waals surface area (Å²) in [4.78, 5) is 22.3. The average molecular weight is 502 g/mol. The number of carbonyl (C=O) groups excluding carboxylic acids is 1. The highest BCUT2D eigenvalue weighted by Gasteiger charge is 2.23. The van der Waals surface area contributed by atoms with Gasteiger partial charge in [0.1, 0.15) is 0 Å². The van der Waals surface area contributed by atoms with E-state index in [4.69, 9.17) is 5.73 Å². The number of hydrogen-bond donors (Lipinski definition) is 3. The lowest BCUT2D eigenvalue weighted by molar-refractivity contribution is -0.119. The van der Waals surface area contributed by atoms with Gasteiger partial charge in [0, 0.05) is 39.6 Å². The quantitative estimate of drug-likeness (QED) is 0.244. The Kier molecular flexibility index (Phi) is 8.55. The van der Waals surface area contributed by atoms with Crippen LogP contribution in [0.4, 0.5) is 5.13 Å². The average Bonchev–Trinajstić information content (AvgIpc) is 3.04. The lowest BCUT2D eigenvalue weighted by Gasteiger charge is -2.34. The Balaban J connectivity index is 0.00000261. The van der Waals surface area contributed by atoms with Gasteiger partial charge in [0.2, 0.25) is 5.91 Å². The molecule has 2 aromatic rings.